The van der Waals surface area contributed by atoms with Crippen molar-refractivity contribution in [2.24, 2.45) is 7.05 Å². The Hall–Kier alpha value is -3.48. The van der Waals surface area contributed by atoms with Gasteiger partial charge in [-0.2, -0.15) is 10.2 Å². The van der Waals surface area contributed by atoms with Gasteiger partial charge in [-0.1, -0.05) is 0 Å². The van der Waals surface area contributed by atoms with Crippen LogP contribution in [-0.4, -0.2) is 34.3 Å². The van der Waals surface area contributed by atoms with E-state index in [-0.39, 0.29) is 0 Å². The fourth-order valence-corrected chi connectivity index (χ4v) is 2.89. The van der Waals surface area contributed by atoms with Gasteiger partial charge < -0.3 is 4.98 Å². The second-order valence-corrected chi connectivity index (χ2v) is 5.65. The molecular weight excluding hydrogens is 302 g/mol. The summed E-state index contributed by atoms with van der Waals surface area (Å²) in [4.78, 5) is 12.2. The van der Waals surface area contributed by atoms with Crippen molar-refractivity contribution in [3.8, 4) is 22.5 Å². The van der Waals surface area contributed by atoms with E-state index in [0.717, 1.165) is 39.2 Å². The molecule has 7 nitrogen and oxygen atoms in total. The molecular formula is C17H13N7. The number of pyridine rings is 1. The first-order chi connectivity index (χ1) is 11.8. The largest absolute Gasteiger partial charge is 0.345 e. The molecule has 0 saturated carbocycles. The molecule has 0 aliphatic rings. The number of nitrogens with one attached hydrogen (secondary N) is 1. The number of rotatable bonds is 2. The highest BCUT2D eigenvalue weighted by Gasteiger charge is 2.11. The van der Waals surface area contributed by atoms with Gasteiger partial charge in [-0.25, -0.2) is 14.5 Å². The molecule has 116 valence electrons. The van der Waals surface area contributed by atoms with Crippen molar-refractivity contribution in [2.45, 2.75) is 0 Å². The van der Waals surface area contributed by atoms with Crippen LogP contribution in [0, 0.1) is 0 Å². The normalized spacial score (nSPS) is 11.5. The molecule has 0 aliphatic heterocycles. The monoisotopic (exact) mass is 315 g/mol. The van der Waals surface area contributed by atoms with E-state index in [0.29, 0.717) is 0 Å². The Morgan fingerprint density at radius 1 is 1.08 bits per heavy atom. The molecule has 0 bridgehead atoms. The van der Waals surface area contributed by atoms with Crippen LogP contribution in [0.25, 0.3) is 39.2 Å². The van der Waals surface area contributed by atoms with Crippen LogP contribution in [0.1, 0.15) is 0 Å². The topological polar surface area (TPSA) is 76.7 Å². The standard InChI is InChI=1S/C17H13N7/c1-23-10-11(8-20-23)14-3-2-12-13(9-19-17(12)21-14)15-4-5-16-18-6-7-24(16)22-15/h2-10H,1H3,(H,19,21). The third kappa shape index (κ3) is 1.91. The molecule has 0 spiro atoms. The fraction of sp³-hybridized carbons (Fsp3) is 0.0588. The van der Waals surface area contributed by atoms with Crippen LogP contribution in [0.2, 0.25) is 0 Å². The smallest absolute Gasteiger partial charge is 0.153 e. The minimum Gasteiger partial charge on any atom is -0.345 e. The zero-order chi connectivity index (χ0) is 16.1. The van der Waals surface area contributed by atoms with E-state index in [2.05, 4.69) is 26.2 Å². The molecule has 24 heavy (non-hydrogen) atoms. The van der Waals surface area contributed by atoms with E-state index >= 15 is 0 Å². The number of hydrogen-bond donors (Lipinski definition) is 1. The van der Waals surface area contributed by atoms with Gasteiger partial charge in [0, 0.05) is 48.3 Å². The maximum absolute atomic E-state index is 4.70. The van der Waals surface area contributed by atoms with Crippen LogP contribution in [0.4, 0.5) is 0 Å². The second-order valence-electron chi connectivity index (χ2n) is 5.65. The second kappa shape index (κ2) is 4.76. The number of H-pyrrole nitrogens is 1. The molecule has 0 aliphatic carbocycles. The third-order valence-electron chi connectivity index (χ3n) is 4.07. The lowest BCUT2D eigenvalue weighted by Crippen LogP contribution is -1.92. The van der Waals surface area contributed by atoms with Gasteiger partial charge in [-0.15, -0.1) is 0 Å². The molecule has 0 atom stereocenters. The molecule has 0 fully saturated rings. The van der Waals surface area contributed by atoms with Gasteiger partial charge in [0.25, 0.3) is 0 Å². The molecule has 1 N–H and O–H groups in total. The Balaban J connectivity index is 1.64. The van der Waals surface area contributed by atoms with Crippen molar-refractivity contribution in [2.75, 3.05) is 0 Å². The Bertz CT molecular complexity index is 1180. The highest BCUT2D eigenvalue weighted by atomic mass is 15.2. The van der Waals surface area contributed by atoms with Crippen LogP contribution >= 0.6 is 0 Å². The molecule has 5 aromatic heterocycles. The first-order valence-corrected chi connectivity index (χ1v) is 7.56. The molecule has 0 saturated heterocycles. The van der Waals surface area contributed by atoms with E-state index < -0.39 is 0 Å². The average molecular weight is 315 g/mol. The maximum Gasteiger partial charge on any atom is 0.153 e. The SMILES string of the molecule is Cn1cc(-c2ccc3c(-c4ccc5nccn5n4)c[nH]c3n2)cn1. The number of aryl methyl sites for hydroxylation is 1. The maximum atomic E-state index is 4.70. The molecule has 5 aromatic rings. The van der Waals surface area contributed by atoms with Crippen molar-refractivity contribution in [3.05, 3.63) is 55.2 Å². The van der Waals surface area contributed by atoms with Gasteiger partial charge in [0.2, 0.25) is 0 Å². The van der Waals surface area contributed by atoms with Crippen LogP contribution in [-0.2, 0) is 7.05 Å². The summed E-state index contributed by atoms with van der Waals surface area (Å²) in [6.45, 7) is 0. The lowest BCUT2D eigenvalue weighted by atomic mass is 10.1. The molecule has 0 unspecified atom stereocenters. The van der Waals surface area contributed by atoms with E-state index in [1.807, 2.05) is 50.0 Å². The minimum atomic E-state index is 0.829. The Labute approximate surface area is 136 Å². The van der Waals surface area contributed by atoms with Gasteiger partial charge >= 0.3 is 0 Å². The summed E-state index contributed by atoms with van der Waals surface area (Å²) in [7, 11) is 1.90. The van der Waals surface area contributed by atoms with Gasteiger partial charge in [0.05, 0.1) is 17.6 Å². The Morgan fingerprint density at radius 2 is 2.00 bits per heavy atom. The summed E-state index contributed by atoms with van der Waals surface area (Å²) < 4.78 is 3.54. The molecule has 5 heterocycles. The molecule has 5 rings (SSSR count). The summed E-state index contributed by atoms with van der Waals surface area (Å²) in [5, 5.41) is 9.84. The lowest BCUT2D eigenvalue weighted by molar-refractivity contribution is 0.768. The summed E-state index contributed by atoms with van der Waals surface area (Å²) in [5.41, 5.74) is 5.44. The average Bonchev–Trinajstić information content (AvgIpc) is 3.32. The van der Waals surface area contributed by atoms with Crippen molar-refractivity contribution in [1.82, 2.24) is 34.3 Å². The number of aromatic nitrogens is 7. The Morgan fingerprint density at radius 3 is 2.88 bits per heavy atom. The third-order valence-corrected chi connectivity index (χ3v) is 4.07. The zero-order valence-electron chi connectivity index (χ0n) is 12.9. The molecule has 0 aromatic carbocycles. The predicted octanol–water partition coefficient (Wildman–Crippen LogP) is 2.67. The van der Waals surface area contributed by atoms with Crippen LogP contribution in [0.15, 0.2) is 55.2 Å². The van der Waals surface area contributed by atoms with Crippen LogP contribution in [0.3, 0.4) is 0 Å². The van der Waals surface area contributed by atoms with E-state index in [4.69, 9.17) is 4.98 Å². The number of nitrogens with zero attached hydrogens (tertiary/aromatic N) is 6. The number of hydrogen-bond acceptors (Lipinski definition) is 4. The molecule has 7 heteroatoms. The first-order valence-electron chi connectivity index (χ1n) is 7.56. The summed E-state index contributed by atoms with van der Waals surface area (Å²) in [5.74, 6) is 0. The number of fused-ring (bicyclic) bond motifs is 2. The fourth-order valence-electron chi connectivity index (χ4n) is 2.89. The number of aromatic amines is 1. The van der Waals surface area contributed by atoms with Crippen molar-refractivity contribution in [3.63, 3.8) is 0 Å². The highest BCUT2D eigenvalue weighted by molar-refractivity contribution is 5.93. The van der Waals surface area contributed by atoms with Crippen LogP contribution in [0.5, 0.6) is 0 Å². The minimum absolute atomic E-state index is 0.829. The molecule has 0 radical (unpaired) electrons. The van der Waals surface area contributed by atoms with Crippen molar-refractivity contribution < 1.29 is 0 Å². The quantitative estimate of drug-likeness (QED) is 0.543. The van der Waals surface area contributed by atoms with E-state index in [1.54, 1.807) is 15.4 Å². The Kier molecular flexibility index (Phi) is 2.58. The van der Waals surface area contributed by atoms with Crippen LogP contribution < -0.4 is 0 Å². The van der Waals surface area contributed by atoms with E-state index in [9.17, 15) is 0 Å². The van der Waals surface area contributed by atoms with Gasteiger partial charge in [0.1, 0.15) is 5.65 Å². The predicted molar refractivity (Wildman–Crippen MR) is 90.3 cm³/mol. The zero-order valence-corrected chi connectivity index (χ0v) is 12.9. The molecule has 0 amide bonds. The summed E-state index contributed by atoms with van der Waals surface area (Å²) in [6, 6.07) is 8.00. The van der Waals surface area contributed by atoms with Gasteiger partial charge in [0.15, 0.2) is 5.65 Å². The van der Waals surface area contributed by atoms with Gasteiger partial charge in [-0.05, 0) is 24.3 Å². The summed E-state index contributed by atoms with van der Waals surface area (Å²) >= 11 is 0. The van der Waals surface area contributed by atoms with Crippen molar-refractivity contribution in [1.29, 1.82) is 0 Å². The number of imidazole rings is 1. The summed E-state index contributed by atoms with van der Waals surface area (Å²) in [6.07, 6.45) is 9.28. The lowest BCUT2D eigenvalue weighted by Gasteiger charge is -2.01. The highest BCUT2D eigenvalue weighted by Crippen LogP contribution is 2.28. The first kappa shape index (κ1) is 13.0. The van der Waals surface area contributed by atoms with Gasteiger partial charge in [-0.3, -0.25) is 4.68 Å². The van der Waals surface area contributed by atoms with E-state index in [1.165, 1.54) is 0 Å². The van der Waals surface area contributed by atoms with Crippen molar-refractivity contribution >= 4 is 16.7 Å².